The summed E-state index contributed by atoms with van der Waals surface area (Å²) in [7, 11) is 2.11. The molecule has 0 unspecified atom stereocenters. The molecule has 258 valence electrons. The number of aliphatic carboxylic acids is 1. The highest BCUT2D eigenvalue weighted by Gasteiger charge is 2.32. The molecule has 1 aliphatic rings. The van der Waals surface area contributed by atoms with Crippen molar-refractivity contribution in [3.63, 3.8) is 0 Å². The van der Waals surface area contributed by atoms with Crippen LogP contribution in [-0.2, 0) is 38.6 Å². The smallest absolute Gasteiger partial charge is 0.303 e. The zero-order valence-electron chi connectivity index (χ0n) is 28.2. The second kappa shape index (κ2) is 18.4. The van der Waals surface area contributed by atoms with E-state index in [4.69, 9.17) is 14.6 Å². The van der Waals surface area contributed by atoms with Gasteiger partial charge in [-0.1, -0.05) is 79.2 Å². The van der Waals surface area contributed by atoms with Crippen molar-refractivity contribution in [2.24, 2.45) is 0 Å². The van der Waals surface area contributed by atoms with Gasteiger partial charge >= 0.3 is 5.97 Å². The highest BCUT2D eigenvalue weighted by molar-refractivity contribution is 5.76. The first-order chi connectivity index (χ1) is 23.9. The van der Waals surface area contributed by atoms with Crippen LogP contribution in [0.2, 0.25) is 0 Å². The van der Waals surface area contributed by atoms with Crippen molar-refractivity contribution in [3.05, 3.63) is 125 Å². The van der Waals surface area contributed by atoms with Crippen molar-refractivity contribution in [2.75, 3.05) is 20.1 Å². The summed E-state index contributed by atoms with van der Waals surface area (Å²) in [6.45, 7) is 2.05. The van der Waals surface area contributed by atoms with Crippen LogP contribution in [0, 0.1) is 0 Å². The van der Waals surface area contributed by atoms with Gasteiger partial charge in [-0.15, -0.1) is 0 Å². The summed E-state index contributed by atoms with van der Waals surface area (Å²) in [5.41, 5.74) is 7.03. The van der Waals surface area contributed by atoms with E-state index in [1.54, 1.807) is 0 Å². The van der Waals surface area contributed by atoms with Gasteiger partial charge in [-0.3, -0.25) is 14.6 Å². The molecule has 1 fully saturated rings. The van der Waals surface area contributed by atoms with Crippen molar-refractivity contribution in [2.45, 2.75) is 76.6 Å². The lowest BCUT2D eigenvalue weighted by molar-refractivity contribution is -0.252. The lowest BCUT2D eigenvalue weighted by Crippen LogP contribution is -2.38. The maximum absolute atomic E-state index is 12.3. The average molecular weight is 666 g/mol. The number of hydrogen-bond acceptors (Lipinski definition) is 7. The topological polar surface area (TPSA) is 121 Å². The van der Waals surface area contributed by atoms with E-state index in [9.17, 15) is 14.7 Å². The number of aliphatic hydroxyl groups is 1. The Hall–Kier alpha value is -4.41. The van der Waals surface area contributed by atoms with Crippen LogP contribution in [0.25, 0.3) is 11.1 Å². The average Bonchev–Trinajstić information content (AvgIpc) is 3.13. The van der Waals surface area contributed by atoms with Crippen molar-refractivity contribution in [1.29, 1.82) is 0 Å². The number of aliphatic hydroxyl groups excluding tert-OH is 1. The van der Waals surface area contributed by atoms with Gasteiger partial charge in [-0.25, -0.2) is 0 Å². The highest BCUT2D eigenvalue weighted by atomic mass is 16.7. The molecule has 3 atom stereocenters. The largest absolute Gasteiger partial charge is 0.481 e. The summed E-state index contributed by atoms with van der Waals surface area (Å²) < 4.78 is 13.1. The molecule has 5 rings (SSSR count). The summed E-state index contributed by atoms with van der Waals surface area (Å²) in [5.74, 6) is -0.830. The van der Waals surface area contributed by atoms with E-state index < -0.39 is 12.3 Å². The maximum atomic E-state index is 12.3. The van der Waals surface area contributed by atoms with Crippen molar-refractivity contribution in [1.82, 2.24) is 15.2 Å². The number of ether oxygens (including phenoxy) is 2. The number of aromatic nitrogens is 1. The number of carboxylic acids is 1. The minimum atomic E-state index is -0.800. The second-order valence-corrected chi connectivity index (χ2v) is 12.7. The summed E-state index contributed by atoms with van der Waals surface area (Å²) in [6, 6.07) is 30.3. The summed E-state index contributed by atoms with van der Waals surface area (Å²) in [6.07, 6.45) is 5.20. The molecule has 0 spiro atoms. The number of likely N-dealkylation sites (N-methyl/N-ethyl adjacent to an activating group) is 1. The molecular weight excluding hydrogens is 618 g/mol. The fourth-order valence-electron chi connectivity index (χ4n) is 6.04. The summed E-state index contributed by atoms with van der Waals surface area (Å²) in [5, 5.41) is 21.3. The zero-order chi connectivity index (χ0) is 34.4. The third-order valence-corrected chi connectivity index (χ3v) is 8.83. The van der Waals surface area contributed by atoms with Crippen LogP contribution < -0.4 is 5.32 Å². The van der Waals surface area contributed by atoms with Crippen LogP contribution in [0.15, 0.2) is 97.2 Å². The van der Waals surface area contributed by atoms with E-state index in [1.165, 1.54) is 0 Å². The van der Waals surface area contributed by atoms with Crippen LogP contribution in [0.3, 0.4) is 0 Å². The Labute approximate surface area is 288 Å². The highest BCUT2D eigenvalue weighted by Crippen LogP contribution is 2.38. The monoisotopic (exact) mass is 665 g/mol. The molecule has 1 amide bonds. The molecule has 0 bridgehead atoms. The van der Waals surface area contributed by atoms with E-state index in [1.807, 2.05) is 54.7 Å². The van der Waals surface area contributed by atoms with E-state index in [2.05, 4.69) is 64.7 Å². The van der Waals surface area contributed by atoms with Crippen LogP contribution in [-0.4, -0.2) is 58.2 Å². The maximum Gasteiger partial charge on any atom is 0.303 e. The molecule has 49 heavy (non-hydrogen) atoms. The molecule has 3 N–H and O–H groups in total. The van der Waals surface area contributed by atoms with Gasteiger partial charge in [-0.2, -0.15) is 0 Å². The summed E-state index contributed by atoms with van der Waals surface area (Å²) in [4.78, 5) is 29.7. The standard InChI is InChI=1S/C40H47N3O6/c1-43(23-21-35-10-5-6-22-41-35)27-36-25-37(32-15-13-29(28-44)14-16-32)49-40(48-36)33-19-17-31(18-20-33)34-9-7-8-30(24-34)26-42-38(45)11-3-2-4-12-39(46)47/h5-10,13-20,22,24,36-37,40,44H,2-4,11-12,21,23,25-28H2,1H3,(H,42,45)(H,46,47)/t36-,37+,40+/m1/s1. The number of rotatable bonds is 17. The SMILES string of the molecule is CN(CCc1ccccn1)C[C@H]1C[C@@H](c2ccc(CO)cc2)O[C@@H](c2ccc(-c3cccc(CNC(=O)CCCCCC(=O)O)c3)cc2)O1. The first-order valence-electron chi connectivity index (χ1n) is 17.1. The van der Waals surface area contributed by atoms with Crippen LogP contribution in [0.4, 0.5) is 0 Å². The normalized spacial score (nSPS) is 17.6. The number of pyridine rings is 1. The van der Waals surface area contributed by atoms with Gasteiger partial charge in [0, 0.05) is 62.8 Å². The number of amides is 1. The number of unbranched alkanes of at least 4 members (excludes halogenated alkanes) is 2. The van der Waals surface area contributed by atoms with E-state index >= 15 is 0 Å². The van der Waals surface area contributed by atoms with Gasteiger partial charge < -0.3 is 29.9 Å². The van der Waals surface area contributed by atoms with E-state index in [0.717, 1.165) is 71.4 Å². The fraction of sp³-hybridized carbons (Fsp3) is 0.375. The minimum absolute atomic E-state index is 0.00268. The Kier molecular flexibility index (Phi) is 13.5. The lowest BCUT2D eigenvalue weighted by atomic mass is 9.99. The Morgan fingerprint density at radius 3 is 2.37 bits per heavy atom. The van der Waals surface area contributed by atoms with Gasteiger partial charge in [0.25, 0.3) is 0 Å². The second-order valence-electron chi connectivity index (χ2n) is 12.7. The Morgan fingerprint density at radius 1 is 0.857 bits per heavy atom. The van der Waals surface area contributed by atoms with Gasteiger partial charge in [0.05, 0.1) is 18.8 Å². The van der Waals surface area contributed by atoms with E-state index in [0.29, 0.717) is 25.8 Å². The first kappa shape index (κ1) is 35.9. The number of nitrogens with one attached hydrogen (secondary N) is 1. The number of hydrogen-bond donors (Lipinski definition) is 3. The van der Waals surface area contributed by atoms with Gasteiger partial charge in [0.15, 0.2) is 6.29 Å². The number of benzene rings is 3. The van der Waals surface area contributed by atoms with Gasteiger partial charge in [-0.05, 0) is 65.9 Å². The molecule has 9 nitrogen and oxygen atoms in total. The van der Waals surface area contributed by atoms with Gasteiger partial charge in [0.1, 0.15) is 0 Å². The molecular formula is C40H47N3O6. The predicted molar refractivity (Wildman–Crippen MR) is 188 cm³/mol. The van der Waals surface area contributed by atoms with Crippen LogP contribution in [0.5, 0.6) is 0 Å². The Bertz CT molecular complexity index is 1610. The molecule has 0 aliphatic carbocycles. The Balaban J connectivity index is 1.21. The van der Waals surface area contributed by atoms with Crippen LogP contribution >= 0.6 is 0 Å². The van der Waals surface area contributed by atoms with Gasteiger partial charge in [0.2, 0.25) is 5.91 Å². The molecule has 0 saturated carbocycles. The molecule has 2 heterocycles. The Morgan fingerprint density at radius 2 is 1.63 bits per heavy atom. The predicted octanol–water partition coefficient (Wildman–Crippen LogP) is 6.61. The number of carbonyl (C=O) groups is 2. The lowest BCUT2D eigenvalue weighted by Gasteiger charge is -2.38. The molecule has 1 aromatic heterocycles. The molecule has 4 aromatic rings. The number of carboxylic acid groups (broad SMARTS) is 1. The quantitative estimate of drug-likeness (QED) is 0.108. The van der Waals surface area contributed by atoms with Crippen molar-refractivity contribution >= 4 is 11.9 Å². The third kappa shape index (κ3) is 11.3. The first-order valence-corrected chi connectivity index (χ1v) is 17.1. The molecule has 0 radical (unpaired) electrons. The van der Waals surface area contributed by atoms with E-state index in [-0.39, 0.29) is 31.1 Å². The number of carbonyl (C=O) groups excluding carboxylic acids is 1. The minimum Gasteiger partial charge on any atom is -0.481 e. The number of nitrogens with zero attached hydrogens (tertiary/aromatic N) is 2. The zero-order valence-corrected chi connectivity index (χ0v) is 28.2. The fourth-order valence-corrected chi connectivity index (χ4v) is 6.04. The molecule has 9 heteroatoms. The molecule has 1 saturated heterocycles. The summed E-state index contributed by atoms with van der Waals surface area (Å²) >= 11 is 0. The van der Waals surface area contributed by atoms with Crippen molar-refractivity contribution < 1.29 is 29.3 Å². The van der Waals surface area contributed by atoms with Crippen LogP contribution in [0.1, 0.15) is 78.9 Å². The molecule has 3 aromatic carbocycles. The molecule has 1 aliphatic heterocycles. The van der Waals surface area contributed by atoms with Crippen molar-refractivity contribution in [3.8, 4) is 11.1 Å². The third-order valence-electron chi connectivity index (χ3n) is 8.83.